The average molecular weight is 428 g/mol. The molecule has 30 heavy (non-hydrogen) atoms. The molecule has 1 heterocycles. The van der Waals surface area contributed by atoms with Crippen LogP contribution in [0.25, 0.3) is 0 Å². The number of methoxy groups -OCH3 is 1. The van der Waals surface area contributed by atoms with E-state index in [9.17, 15) is 14.4 Å². The highest BCUT2D eigenvalue weighted by Crippen LogP contribution is 2.17. The second-order valence-electron chi connectivity index (χ2n) is 6.16. The summed E-state index contributed by atoms with van der Waals surface area (Å²) in [6.07, 6.45) is 1.28. The first-order chi connectivity index (χ1) is 14.5. The monoisotopic (exact) mass is 427 g/mol. The number of esters is 1. The normalized spacial score (nSPS) is 15.5. The zero-order chi connectivity index (χ0) is 21.5. The number of para-hydroxylation sites is 1. The van der Waals surface area contributed by atoms with Crippen LogP contribution in [0.2, 0.25) is 5.02 Å². The lowest BCUT2D eigenvalue weighted by atomic mass is 10.1. The molecule has 10 heteroatoms. The van der Waals surface area contributed by atoms with E-state index in [4.69, 9.17) is 16.3 Å². The Bertz CT molecular complexity index is 1040. The Balaban J connectivity index is 1.60. The zero-order valence-electron chi connectivity index (χ0n) is 15.9. The molecule has 154 valence electrons. The molecule has 3 N–H and O–H groups in total. The lowest BCUT2D eigenvalue weighted by molar-refractivity contribution is -0.123. The lowest BCUT2D eigenvalue weighted by Gasteiger charge is -2.10. The summed E-state index contributed by atoms with van der Waals surface area (Å²) in [6.45, 7) is 0. The maximum Gasteiger partial charge on any atom is 0.339 e. The van der Waals surface area contributed by atoms with Crippen molar-refractivity contribution in [2.45, 2.75) is 12.5 Å². The van der Waals surface area contributed by atoms with Gasteiger partial charge in [-0.05, 0) is 18.2 Å². The number of rotatable bonds is 6. The lowest BCUT2D eigenvalue weighted by Crippen LogP contribution is -2.35. The fourth-order valence-electron chi connectivity index (χ4n) is 2.64. The van der Waals surface area contributed by atoms with Gasteiger partial charge in [0, 0.05) is 10.6 Å². The molecule has 0 spiro atoms. The molecule has 0 saturated heterocycles. The molecule has 2 aromatic rings. The summed E-state index contributed by atoms with van der Waals surface area (Å²) in [6, 6.07) is 12.6. The molecule has 1 aliphatic rings. The summed E-state index contributed by atoms with van der Waals surface area (Å²) >= 11 is 6.04. The number of aliphatic imine (C=N–C) groups is 1. The van der Waals surface area contributed by atoms with Crippen LogP contribution >= 0.6 is 11.6 Å². The number of carbonyl (C=O) groups excluding carboxylic acids is 3. The predicted molar refractivity (Wildman–Crippen MR) is 113 cm³/mol. The fourth-order valence-corrected chi connectivity index (χ4v) is 2.83. The number of hydrogen-bond acceptors (Lipinski definition) is 7. The van der Waals surface area contributed by atoms with Gasteiger partial charge in [-0.2, -0.15) is 5.10 Å². The maximum atomic E-state index is 12.3. The van der Waals surface area contributed by atoms with Gasteiger partial charge in [-0.15, -0.1) is 0 Å². The van der Waals surface area contributed by atoms with Gasteiger partial charge in [-0.1, -0.05) is 41.9 Å². The third-order valence-corrected chi connectivity index (χ3v) is 4.44. The van der Waals surface area contributed by atoms with Crippen LogP contribution in [0.4, 0.5) is 5.69 Å². The van der Waals surface area contributed by atoms with Crippen molar-refractivity contribution in [3.63, 3.8) is 0 Å². The molecule has 0 saturated carbocycles. The van der Waals surface area contributed by atoms with E-state index < -0.39 is 23.8 Å². The molecule has 1 unspecified atom stereocenters. The summed E-state index contributed by atoms with van der Waals surface area (Å²) in [5.74, 6) is -1.38. The van der Waals surface area contributed by atoms with E-state index in [1.54, 1.807) is 36.4 Å². The Morgan fingerprint density at radius 1 is 1.23 bits per heavy atom. The van der Waals surface area contributed by atoms with E-state index >= 15 is 0 Å². The minimum absolute atomic E-state index is 0.121. The highest BCUT2D eigenvalue weighted by atomic mass is 35.5. The van der Waals surface area contributed by atoms with Crippen molar-refractivity contribution in [3.8, 4) is 0 Å². The van der Waals surface area contributed by atoms with Crippen LogP contribution in [0.1, 0.15) is 22.3 Å². The number of amides is 2. The highest BCUT2D eigenvalue weighted by Gasteiger charge is 2.29. The van der Waals surface area contributed by atoms with Gasteiger partial charge < -0.3 is 10.1 Å². The minimum atomic E-state index is -0.923. The van der Waals surface area contributed by atoms with Crippen LogP contribution < -0.4 is 16.1 Å². The first-order valence-corrected chi connectivity index (χ1v) is 9.25. The van der Waals surface area contributed by atoms with Gasteiger partial charge >= 0.3 is 5.97 Å². The quantitative estimate of drug-likeness (QED) is 0.369. The number of carbonyl (C=O) groups is 3. The van der Waals surface area contributed by atoms with Crippen LogP contribution in [-0.4, -0.2) is 43.1 Å². The standard InChI is InChI=1S/C20H18ClN5O4/c1-30-19(29)13-7-3-5-9-15(13)23-17(27)10-16-18(28)25-20(24-16)26-22-11-12-6-2-4-8-14(12)21/h2-9,11,16H,10H2,1H3,(H,23,27)(H2,24,25,26,28). The molecule has 0 aliphatic carbocycles. The second-order valence-corrected chi connectivity index (χ2v) is 6.57. The number of benzene rings is 2. The van der Waals surface area contributed by atoms with E-state index in [0.29, 0.717) is 16.3 Å². The second kappa shape index (κ2) is 9.66. The van der Waals surface area contributed by atoms with Crippen molar-refractivity contribution in [1.29, 1.82) is 0 Å². The Morgan fingerprint density at radius 3 is 2.73 bits per heavy atom. The predicted octanol–water partition coefficient (Wildman–Crippen LogP) is 1.93. The number of ether oxygens (including phenoxy) is 1. The van der Waals surface area contributed by atoms with Crippen LogP contribution in [0.3, 0.4) is 0 Å². The Morgan fingerprint density at radius 2 is 1.97 bits per heavy atom. The van der Waals surface area contributed by atoms with Crippen molar-refractivity contribution < 1.29 is 19.1 Å². The number of nitrogens with zero attached hydrogens (tertiary/aromatic N) is 2. The Labute approximate surface area is 177 Å². The van der Waals surface area contributed by atoms with Crippen molar-refractivity contribution in [3.05, 3.63) is 64.7 Å². The molecule has 2 amide bonds. The maximum absolute atomic E-state index is 12.3. The summed E-state index contributed by atoms with van der Waals surface area (Å²) in [4.78, 5) is 40.3. The van der Waals surface area contributed by atoms with Crippen molar-refractivity contribution in [1.82, 2.24) is 10.7 Å². The molecule has 1 aliphatic heterocycles. The van der Waals surface area contributed by atoms with E-state index in [-0.39, 0.29) is 17.9 Å². The third kappa shape index (κ3) is 5.21. The van der Waals surface area contributed by atoms with Crippen molar-refractivity contribution >= 4 is 47.2 Å². The van der Waals surface area contributed by atoms with Crippen LogP contribution in [0.15, 0.2) is 58.6 Å². The van der Waals surface area contributed by atoms with Crippen LogP contribution in [0, 0.1) is 0 Å². The van der Waals surface area contributed by atoms with Gasteiger partial charge in [0.1, 0.15) is 6.04 Å². The molecule has 3 rings (SSSR count). The van der Waals surface area contributed by atoms with Gasteiger partial charge in [0.15, 0.2) is 0 Å². The summed E-state index contributed by atoms with van der Waals surface area (Å²) < 4.78 is 4.69. The molecule has 9 nitrogen and oxygen atoms in total. The number of hydrogen-bond donors (Lipinski definition) is 3. The summed E-state index contributed by atoms with van der Waals surface area (Å²) in [5.41, 5.74) is 3.80. The van der Waals surface area contributed by atoms with E-state index in [1.807, 2.05) is 6.07 Å². The number of hydrazone groups is 1. The topological polar surface area (TPSA) is 121 Å². The smallest absolute Gasteiger partial charge is 0.339 e. The molecular weight excluding hydrogens is 410 g/mol. The van der Waals surface area contributed by atoms with Crippen molar-refractivity contribution in [2.75, 3.05) is 12.4 Å². The molecular formula is C20H18ClN5O4. The van der Waals surface area contributed by atoms with Crippen LogP contribution in [-0.2, 0) is 14.3 Å². The fraction of sp³-hybridized carbons (Fsp3) is 0.150. The highest BCUT2D eigenvalue weighted by molar-refractivity contribution is 6.33. The molecule has 0 aromatic heterocycles. The minimum Gasteiger partial charge on any atom is -0.465 e. The third-order valence-electron chi connectivity index (χ3n) is 4.09. The number of guanidine groups is 1. The Hall–Kier alpha value is -3.72. The van der Waals surface area contributed by atoms with Gasteiger partial charge in [-0.25, -0.2) is 15.2 Å². The largest absolute Gasteiger partial charge is 0.465 e. The van der Waals surface area contributed by atoms with Gasteiger partial charge in [0.2, 0.25) is 11.9 Å². The number of nitrogens with one attached hydrogen (secondary N) is 3. The SMILES string of the molecule is COC(=O)c1ccccc1NC(=O)CC1N=C(NN=Cc2ccccc2Cl)NC1=O. The molecule has 0 radical (unpaired) electrons. The molecule has 2 aromatic carbocycles. The van der Waals surface area contributed by atoms with Gasteiger partial charge in [0.25, 0.3) is 5.91 Å². The van der Waals surface area contributed by atoms with Crippen LogP contribution in [0.5, 0.6) is 0 Å². The molecule has 0 fully saturated rings. The summed E-state index contributed by atoms with van der Waals surface area (Å²) in [7, 11) is 1.25. The first kappa shape index (κ1) is 21.0. The van der Waals surface area contributed by atoms with E-state index in [1.165, 1.54) is 19.4 Å². The summed E-state index contributed by atoms with van der Waals surface area (Å²) in [5, 5.41) is 9.63. The number of anilines is 1. The van der Waals surface area contributed by atoms with E-state index in [2.05, 4.69) is 26.2 Å². The van der Waals surface area contributed by atoms with E-state index in [0.717, 1.165) is 0 Å². The van der Waals surface area contributed by atoms with Crippen molar-refractivity contribution in [2.24, 2.45) is 10.1 Å². The molecule has 0 bridgehead atoms. The van der Waals surface area contributed by atoms with Gasteiger partial charge in [0.05, 0.1) is 31.0 Å². The molecule has 1 atom stereocenters. The van der Waals surface area contributed by atoms with Gasteiger partial charge in [-0.3, -0.25) is 14.9 Å². The number of halogens is 1. The zero-order valence-corrected chi connectivity index (χ0v) is 16.6. The Kier molecular flexibility index (Phi) is 6.76. The average Bonchev–Trinajstić information content (AvgIpc) is 3.08. The first-order valence-electron chi connectivity index (χ1n) is 8.87.